The van der Waals surface area contributed by atoms with Crippen LogP contribution in [-0.4, -0.2) is 92.9 Å². The van der Waals surface area contributed by atoms with Crippen molar-refractivity contribution < 1.29 is 38.2 Å². The fourth-order valence-corrected chi connectivity index (χ4v) is 7.03. The van der Waals surface area contributed by atoms with Crippen molar-refractivity contribution in [2.24, 2.45) is 0 Å². The second-order valence-electron chi connectivity index (χ2n) is 18.3. The minimum Gasteiger partial charge on any atom is -0.458 e. The SMILES string of the molecule is CC(C)(C)OC(=O)NC1CCN(C(=O)NC(Cc2c[nH]c3ccccc23)c2ncc(C(C)(C)C(=O)NC(CCCCNC(=O)OCc3ccccc3)C(=O)OC(C)(C)C)[nH]2)CC1. The molecule has 3 heterocycles. The highest BCUT2D eigenvalue weighted by atomic mass is 16.6. The second-order valence-corrected chi connectivity index (χ2v) is 18.3. The van der Waals surface area contributed by atoms with E-state index in [9.17, 15) is 24.0 Å². The molecule has 62 heavy (non-hydrogen) atoms. The minimum absolute atomic E-state index is 0.120. The van der Waals surface area contributed by atoms with Crippen LogP contribution in [0.25, 0.3) is 10.9 Å². The van der Waals surface area contributed by atoms with Gasteiger partial charge in [-0.05, 0) is 105 Å². The van der Waals surface area contributed by atoms with E-state index >= 15 is 0 Å². The maximum atomic E-state index is 14.1. The molecule has 2 aromatic carbocycles. The van der Waals surface area contributed by atoms with Gasteiger partial charge >= 0.3 is 24.2 Å². The summed E-state index contributed by atoms with van der Waals surface area (Å²) in [7, 11) is 0. The van der Waals surface area contributed by atoms with Gasteiger partial charge in [0.25, 0.3) is 0 Å². The Bertz CT molecular complexity index is 2130. The zero-order valence-corrected chi connectivity index (χ0v) is 37.3. The number of ether oxygens (including phenoxy) is 3. The molecule has 0 spiro atoms. The van der Waals surface area contributed by atoms with Crippen molar-refractivity contribution in [2.75, 3.05) is 19.6 Å². The smallest absolute Gasteiger partial charge is 0.407 e. The topological polar surface area (TPSA) is 209 Å². The maximum absolute atomic E-state index is 14.1. The average molecular weight is 857 g/mol. The molecule has 5 amide bonds. The number of carbonyl (C=O) groups excluding carboxylic acids is 5. The third-order valence-electron chi connectivity index (χ3n) is 10.5. The Balaban J connectivity index is 1.24. The number of fused-ring (bicyclic) bond motifs is 1. The van der Waals surface area contributed by atoms with Crippen LogP contribution in [0.2, 0.25) is 0 Å². The van der Waals surface area contributed by atoms with E-state index in [4.69, 9.17) is 19.2 Å². The van der Waals surface area contributed by atoms with Gasteiger partial charge in [-0.15, -0.1) is 0 Å². The van der Waals surface area contributed by atoms with Crippen LogP contribution in [0.4, 0.5) is 14.4 Å². The fraction of sp³-hybridized carbons (Fsp3) is 0.522. The molecule has 1 saturated heterocycles. The van der Waals surface area contributed by atoms with E-state index in [1.165, 1.54) is 0 Å². The summed E-state index contributed by atoms with van der Waals surface area (Å²) in [4.78, 5) is 79.0. The summed E-state index contributed by atoms with van der Waals surface area (Å²) in [6.07, 6.45) is 5.34. The van der Waals surface area contributed by atoms with Crippen LogP contribution in [0.1, 0.15) is 116 Å². The third-order valence-corrected chi connectivity index (χ3v) is 10.5. The number of unbranched alkanes of at least 4 members (excludes halogenated alkanes) is 1. The second kappa shape index (κ2) is 20.7. The van der Waals surface area contributed by atoms with E-state index in [1.807, 2.05) is 81.6 Å². The van der Waals surface area contributed by atoms with Gasteiger partial charge in [-0.3, -0.25) is 4.79 Å². The number of H-pyrrole nitrogens is 2. The number of aromatic nitrogens is 3. The van der Waals surface area contributed by atoms with Crippen LogP contribution in [0.5, 0.6) is 0 Å². The van der Waals surface area contributed by atoms with E-state index in [0.717, 1.165) is 22.0 Å². The van der Waals surface area contributed by atoms with Crippen molar-refractivity contribution in [3.05, 3.63) is 89.6 Å². The van der Waals surface area contributed by atoms with Gasteiger partial charge in [-0.1, -0.05) is 48.5 Å². The number of nitrogens with zero attached hydrogens (tertiary/aromatic N) is 2. The summed E-state index contributed by atoms with van der Waals surface area (Å²) in [6.45, 7) is 15.5. The number of rotatable bonds is 16. The largest absolute Gasteiger partial charge is 0.458 e. The standard InChI is InChI=1S/C46H64N8O8/c1-44(2,3)61-39(55)35(20-14-15-23-47-42(58)60-29-30-16-10-9-11-17-30)51-40(56)46(7,8)37-28-49-38(53-37)36(26-31-27-48-34-19-13-12-18-33(31)34)52-41(57)54-24-21-32(22-25-54)50-43(59)62-45(4,5)6/h9-13,16-19,27-28,32,35-36,48H,14-15,20-26,29H2,1-8H3,(H,47,58)(H,49,53)(H,50,59)(H,51,56)(H,52,57). The van der Waals surface area contributed by atoms with E-state index in [2.05, 4.69) is 31.2 Å². The van der Waals surface area contributed by atoms with Gasteiger partial charge in [0.1, 0.15) is 29.7 Å². The lowest BCUT2D eigenvalue weighted by molar-refractivity contribution is -0.159. The molecule has 2 atom stereocenters. The molecule has 6 N–H and O–H groups in total. The lowest BCUT2D eigenvalue weighted by atomic mass is 9.88. The Morgan fingerprint density at radius 3 is 2.21 bits per heavy atom. The number of hydrogen-bond donors (Lipinski definition) is 6. The van der Waals surface area contributed by atoms with Crippen molar-refractivity contribution >= 4 is 41.0 Å². The third kappa shape index (κ3) is 14.0. The van der Waals surface area contributed by atoms with E-state index in [1.54, 1.807) is 45.7 Å². The monoisotopic (exact) mass is 856 g/mol. The number of amides is 5. The van der Waals surface area contributed by atoms with Gasteiger partial charge < -0.3 is 50.3 Å². The highest BCUT2D eigenvalue weighted by molar-refractivity contribution is 5.91. The first-order chi connectivity index (χ1) is 29.3. The van der Waals surface area contributed by atoms with Crippen LogP contribution >= 0.6 is 0 Å². The predicted molar refractivity (Wildman–Crippen MR) is 235 cm³/mol. The molecule has 16 nitrogen and oxygen atoms in total. The summed E-state index contributed by atoms with van der Waals surface area (Å²) in [5, 5.41) is 12.8. The normalized spacial score (nSPS) is 14.7. The van der Waals surface area contributed by atoms with Gasteiger partial charge in [-0.2, -0.15) is 0 Å². The van der Waals surface area contributed by atoms with Crippen LogP contribution in [-0.2, 0) is 42.2 Å². The summed E-state index contributed by atoms with van der Waals surface area (Å²) in [6, 6.07) is 15.3. The first kappa shape index (κ1) is 47.0. The van der Waals surface area contributed by atoms with Gasteiger partial charge in [0, 0.05) is 61.1 Å². The molecule has 16 heteroatoms. The number of hydrogen-bond acceptors (Lipinski definition) is 9. The number of carbonyl (C=O) groups is 5. The first-order valence-corrected chi connectivity index (χ1v) is 21.4. The van der Waals surface area contributed by atoms with Crippen LogP contribution in [0, 0.1) is 0 Å². The van der Waals surface area contributed by atoms with E-state index in [-0.39, 0.29) is 25.1 Å². The molecular formula is C46H64N8O8. The number of benzene rings is 2. The number of likely N-dealkylation sites (tertiary alicyclic amines) is 1. The first-order valence-electron chi connectivity index (χ1n) is 21.4. The number of imidazole rings is 1. The molecule has 1 aliphatic rings. The fourth-order valence-electron chi connectivity index (χ4n) is 7.03. The molecule has 4 aromatic rings. The Labute approximate surface area is 364 Å². The zero-order chi connectivity index (χ0) is 45.1. The van der Waals surface area contributed by atoms with Crippen molar-refractivity contribution in [1.82, 2.24) is 41.1 Å². The molecule has 1 aliphatic heterocycles. The minimum atomic E-state index is -1.19. The van der Waals surface area contributed by atoms with E-state index in [0.29, 0.717) is 63.3 Å². The molecule has 0 bridgehead atoms. The number of piperidine rings is 1. The summed E-state index contributed by atoms with van der Waals surface area (Å²) < 4.78 is 16.4. The quantitative estimate of drug-likeness (QED) is 0.0386. The summed E-state index contributed by atoms with van der Waals surface area (Å²) in [5.41, 5.74) is 0.716. The van der Waals surface area contributed by atoms with Gasteiger partial charge in [0.2, 0.25) is 5.91 Å². The summed E-state index contributed by atoms with van der Waals surface area (Å²) >= 11 is 0. The Hall–Kier alpha value is -6.06. The Morgan fingerprint density at radius 1 is 0.839 bits per heavy atom. The number of para-hydroxylation sites is 1. The lowest BCUT2D eigenvalue weighted by Crippen LogP contribution is -2.50. The molecular weight excluding hydrogens is 793 g/mol. The zero-order valence-electron chi connectivity index (χ0n) is 37.3. The average Bonchev–Trinajstić information content (AvgIpc) is 3.87. The van der Waals surface area contributed by atoms with Crippen LogP contribution in [0.3, 0.4) is 0 Å². The molecule has 0 aliphatic carbocycles. The number of nitrogens with one attached hydrogen (secondary N) is 6. The van der Waals surface area contributed by atoms with E-state index < -0.39 is 52.8 Å². The van der Waals surface area contributed by atoms with Crippen molar-refractivity contribution in [2.45, 2.75) is 135 Å². The van der Waals surface area contributed by atoms with Gasteiger partial charge in [-0.25, -0.2) is 24.2 Å². The molecule has 2 unspecified atom stereocenters. The van der Waals surface area contributed by atoms with Crippen LogP contribution < -0.4 is 21.3 Å². The number of aromatic amines is 2. The van der Waals surface area contributed by atoms with Gasteiger partial charge in [0.05, 0.1) is 11.5 Å². The summed E-state index contributed by atoms with van der Waals surface area (Å²) in [5.74, 6) is -0.529. The van der Waals surface area contributed by atoms with Crippen molar-refractivity contribution in [3.63, 3.8) is 0 Å². The molecule has 1 fully saturated rings. The Kier molecular flexibility index (Phi) is 15.7. The molecule has 0 saturated carbocycles. The molecule has 336 valence electrons. The predicted octanol–water partition coefficient (Wildman–Crippen LogP) is 7.07. The Morgan fingerprint density at radius 2 is 1.52 bits per heavy atom. The van der Waals surface area contributed by atoms with Crippen molar-refractivity contribution in [1.29, 1.82) is 0 Å². The highest BCUT2D eigenvalue weighted by Crippen LogP contribution is 2.28. The van der Waals surface area contributed by atoms with Crippen molar-refractivity contribution in [3.8, 4) is 0 Å². The van der Waals surface area contributed by atoms with Gasteiger partial charge in [0.15, 0.2) is 0 Å². The highest BCUT2D eigenvalue weighted by Gasteiger charge is 2.37. The number of urea groups is 1. The number of alkyl carbamates (subject to hydrolysis) is 2. The lowest BCUT2D eigenvalue weighted by Gasteiger charge is -2.33. The van der Waals surface area contributed by atoms with Crippen LogP contribution in [0.15, 0.2) is 67.0 Å². The molecule has 5 rings (SSSR count). The molecule has 2 aromatic heterocycles. The number of esters is 1. The molecule has 0 radical (unpaired) electrons. The maximum Gasteiger partial charge on any atom is 0.407 e.